The van der Waals surface area contributed by atoms with Crippen LogP contribution in [0.3, 0.4) is 0 Å². The highest BCUT2D eigenvalue weighted by Crippen LogP contribution is 1.98. The van der Waals surface area contributed by atoms with Gasteiger partial charge < -0.3 is 10.3 Å². The van der Waals surface area contributed by atoms with Gasteiger partial charge in [-0.15, -0.1) is 0 Å². The standard InChI is InChI=1S/C8H12N2O/c1-6-3-8(11)4-7(2)10(6)5-9/h3-4H,5,9H2,1-2H3. The van der Waals surface area contributed by atoms with E-state index in [0.717, 1.165) is 11.4 Å². The quantitative estimate of drug-likeness (QED) is 0.632. The molecule has 0 spiro atoms. The molecule has 0 saturated carbocycles. The molecule has 0 saturated heterocycles. The summed E-state index contributed by atoms with van der Waals surface area (Å²) in [5.41, 5.74) is 7.34. The predicted octanol–water partition coefficient (Wildman–Crippen LogP) is 0.381. The molecule has 0 amide bonds. The predicted molar refractivity (Wildman–Crippen MR) is 44.4 cm³/mol. The van der Waals surface area contributed by atoms with Crippen LogP contribution in [0.15, 0.2) is 16.9 Å². The topological polar surface area (TPSA) is 48.0 Å². The Morgan fingerprint density at radius 3 is 2.18 bits per heavy atom. The minimum atomic E-state index is 0.0460. The molecule has 0 radical (unpaired) electrons. The van der Waals surface area contributed by atoms with Gasteiger partial charge in [0.05, 0.1) is 6.67 Å². The van der Waals surface area contributed by atoms with E-state index in [1.54, 1.807) is 12.1 Å². The molecular formula is C8H12N2O. The van der Waals surface area contributed by atoms with Crippen molar-refractivity contribution < 1.29 is 0 Å². The van der Waals surface area contributed by atoms with E-state index < -0.39 is 0 Å². The molecule has 1 aromatic rings. The zero-order chi connectivity index (χ0) is 8.43. The third-order valence-electron chi connectivity index (χ3n) is 1.74. The molecular weight excluding hydrogens is 140 g/mol. The van der Waals surface area contributed by atoms with E-state index in [0.29, 0.717) is 6.67 Å². The smallest absolute Gasteiger partial charge is 0.182 e. The van der Waals surface area contributed by atoms with Crippen LogP contribution >= 0.6 is 0 Å². The molecule has 60 valence electrons. The number of hydrogen-bond donors (Lipinski definition) is 1. The Hall–Kier alpha value is -1.09. The number of pyridine rings is 1. The molecule has 0 atom stereocenters. The lowest BCUT2D eigenvalue weighted by atomic mass is 10.3. The minimum Gasteiger partial charge on any atom is -0.336 e. The molecule has 2 N–H and O–H groups in total. The van der Waals surface area contributed by atoms with Crippen molar-refractivity contribution in [2.24, 2.45) is 5.73 Å². The Bertz CT molecular complexity index is 288. The summed E-state index contributed by atoms with van der Waals surface area (Å²) in [5, 5.41) is 0. The van der Waals surface area contributed by atoms with Crippen LogP contribution in [-0.4, -0.2) is 4.57 Å². The molecule has 0 fully saturated rings. The molecule has 1 heterocycles. The third kappa shape index (κ3) is 1.49. The van der Waals surface area contributed by atoms with Crippen molar-refractivity contribution in [1.29, 1.82) is 0 Å². The number of rotatable bonds is 1. The van der Waals surface area contributed by atoms with E-state index in [1.165, 1.54) is 0 Å². The molecule has 1 rings (SSSR count). The van der Waals surface area contributed by atoms with Gasteiger partial charge in [-0.3, -0.25) is 4.79 Å². The zero-order valence-electron chi connectivity index (χ0n) is 6.79. The molecule has 0 unspecified atom stereocenters. The summed E-state index contributed by atoms with van der Waals surface area (Å²) < 4.78 is 1.89. The van der Waals surface area contributed by atoms with Gasteiger partial charge in [0.25, 0.3) is 0 Å². The second-order valence-electron chi connectivity index (χ2n) is 2.58. The Morgan fingerprint density at radius 1 is 1.36 bits per heavy atom. The van der Waals surface area contributed by atoms with Crippen LogP contribution in [0.5, 0.6) is 0 Å². The van der Waals surface area contributed by atoms with Gasteiger partial charge >= 0.3 is 0 Å². The van der Waals surface area contributed by atoms with Crippen molar-refractivity contribution in [2.75, 3.05) is 0 Å². The van der Waals surface area contributed by atoms with Crippen LogP contribution in [-0.2, 0) is 6.67 Å². The van der Waals surface area contributed by atoms with Gasteiger partial charge in [0, 0.05) is 23.5 Å². The highest BCUT2D eigenvalue weighted by atomic mass is 16.1. The Balaban J connectivity index is 3.36. The highest BCUT2D eigenvalue weighted by molar-refractivity contribution is 5.11. The van der Waals surface area contributed by atoms with Crippen molar-refractivity contribution in [3.63, 3.8) is 0 Å². The van der Waals surface area contributed by atoms with E-state index in [1.807, 2.05) is 18.4 Å². The lowest BCUT2D eigenvalue weighted by Gasteiger charge is -2.10. The molecule has 0 aliphatic carbocycles. The first-order valence-corrected chi connectivity index (χ1v) is 3.53. The maximum Gasteiger partial charge on any atom is 0.182 e. The van der Waals surface area contributed by atoms with Crippen LogP contribution in [0.1, 0.15) is 11.4 Å². The molecule has 0 bridgehead atoms. The number of nitrogens with two attached hydrogens (primary N) is 1. The number of aryl methyl sites for hydroxylation is 2. The van der Waals surface area contributed by atoms with Crippen LogP contribution in [0.25, 0.3) is 0 Å². The molecule has 0 aliphatic rings. The zero-order valence-corrected chi connectivity index (χ0v) is 6.79. The van der Waals surface area contributed by atoms with Crippen molar-refractivity contribution in [3.05, 3.63) is 33.7 Å². The Morgan fingerprint density at radius 2 is 1.82 bits per heavy atom. The minimum absolute atomic E-state index is 0.0460. The number of aromatic nitrogens is 1. The fourth-order valence-corrected chi connectivity index (χ4v) is 1.18. The molecule has 1 aromatic heterocycles. The summed E-state index contributed by atoms with van der Waals surface area (Å²) in [4.78, 5) is 10.9. The van der Waals surface area contributed by atoms with Gasteiger partial charge in [0.15, 0.2) is 5.43 Å². The largest absolute Gasteiger partial charge is 0.336 e. The van der Waals surface area contributed by atoms with E-state index in [4.69, 9.17) is 5.73 Å². The first kappa shape index (κ1) is 8.01. The van der Waals surface area contributed by atoms with Gasteiger partial charge in [-0.25, -0.2) is 0 Å². The van der Waals surface area contributed by atoms with E-state index in [2.05, 4.69) is 0 Å². The molecule has 3 heteroatoms. The summed E-state index contributed by atoms with van der Waals surface area (Å²) in [6.07, 6.45) is 0. The molecule has 0 aromatic carbocycles. The average Bonchev–Trinajstić information content (AvgIpc) is 1.85. The fourth-order valence-electron chi connectivity index (χ4n) is 1.18. The molecule has 0 aliphatic heterocycles. The van der Waals surface area contributed by atoms with E-state index in [9.17, 15) is 4.79 Å². The Labute approximate surface area is 65.5 Å². The van der Waals surface area contributed by atoms with Crippen molar-refractivity contribution in [3.8, 4) is 0 Å². The lowest BCUT2D eigenvalue weighted by Crippen LogP contribution is -2.17. The van der Waals surface area contributed by atoms with E-state index >= 15 is 0 Å². The van der Waals surface area contributed by atoms with Crippen LogP contribution in [0, 0.1) is 13.8 Å². The van der Waals surface area contributed by atoms with Crippen molar-refractivity contribution in [1.82, 2.24) is 4.57 Å². The average molecular weight is 152 g/mol. The van der Waals surface area contributed by atoms with E-state index in [-0.39, 0.29) is 5.43 Å². The first-order chi connectivity index (χ1) is 5.15. The SMILES string of the molecule is Cc1cc(=O)cc(C)n1CN. The summed E-state index contributed by atoms with van der Waals surface area (Å²) in [5.74, 6) is 0. The lowest BCUT2D eigenvalue weighted by molar-refractivity contribution is 0.676. The van der Waals surface area contributed by atoms with Gasteiger partial charge in [-0.1, -0.05) is 0 Å². The van der Waals surface area contributed by atoms with Gasteiger partial charge in [-0.05, 0) is 13.8 Å². The maximum atomic E-state index is 10.9. The van der Waals surface area contributed by atoms with Crippen LogP contribution < -0.4 is 11.2 Å². The fraction of sp³-hybridized carbons (Fsp3) is 0.375. The summed E-state index contributed by atoms with van der Waals surface area (Å²) in [6.45, 7) is 4.18. The highest BCUT2D eigenvalue weighted by Gasteiger charge is 1.97. The van der Waals surface area contributed by atoms with Crippen molar-refractivity contribution >= 4 is 0 Å². The van der Waals surface area contributed by atoms with Crippen molar-refractivity contribution in [2.45, 2.75) is 20.5 Å². The molecule has 11 heavy (non-hydrogen) atoms. The number of hydrogen-bond acceptors (Lipinski definition) is 2. The van der Waals surface area contributed by atoms with Gasteiger partial charge in [0.2, 0.25) is 0 Å². The summed E-state index contributed by atoms with van der Waals surface area (Å²) >= 11 is 0. The second kappa shape index (κ2) is 2.88. The van der Waals surface area contributed by atoms with Crippen LogP contribution in [0.4, 0.5) is 0 Å². The first-order valence-electron chi connectivity index (χ1n) is 3.53. The number of nitrogens with zero attached hydrogens (tertiary/aromatic N) is 1. The monoisotopic (exact) mass is 152 g/mol. The molecule has 3 nitrogen and oxygen atoms in total. The maximum absolute atomic E-state index is 10.9. The normalized spacial score (nSPS) is 10.1. The van der Waals surface area contributed by atoms with Gasteiger partial charge in [0.1, 0.15) is 0 Å². The Kier molecular flexibility index (Phi) is 2.10. The van der Waals surface area contributed by atoms with Gasteiger partial charge in [-0.2, -0.15) is 0 Å². The third-order valence-corrected chi connectivity index (χ3v) is 1.74. The van der Waals surface area contributed by atoms with Crippen LogP contribution in [0.2, 0.25) is 0 Å². The summed E-state index contributed by atoms with van der Waals surface area (Å²) in [6, 6.07) is 3.17. The second-order valence-corrected chi connectivity index (χ2v) is 2.58. The summed E-state index contributed by atoms with van der Waals surface area (Å²) in [7, 11) is 0.